The molecule has 2 aliphatic rings. The quantitative estimate of drug-likeness (QED) is 0.452. The summed E-state index contributed by atoms with van der Waals surface area (Å²) in [5, 5.41) is 12.3. The van der Waals surface area contributed by atoms with Gasteiger partial charge in [0, 0.05) is 5.41 Å². The Balaban J connectivity index is 0.00000182. The molecule has 1 fully saturated rings. The summed E-state index contributed by atoms with van der Waals surface area (Å²) in [5.41, 5.74) is 2.50. The fraction of sp³-hybridized carbons (Fsp3) is 0.444. The maximum absolute atomic E-state index is 10.8. The maximum Gasteiger partial charge on any atom is 1.00 e. The van der Waals surface area contributed by atoms with Crippen molar-refractivity contribution in [2.24, 2.45) is 5.41 Å². The zero-order valence-electron chi connectivity index (χ0n) is 14.4. The van der Waals surface area contributed by atoms with Crippen molar-refractivity contribution < 1.29 is 51.8 Å². The van der Waals surface area contributed by atoms with Crippen LogP contribution in [0.4, 0.5) is 0 Å². The smallest absolute Gasteiger partial charge is 0.716 e. The molecule has 0 aliphatic heterocycles. The molecule has 2 aliphatic carbocycles. The zero-order valence-corrected chi connectivity index (χ0v) is 17.2. The second-order valence-electron chi connectivity index (χ2n) is 7.16. The van der Waals surface area contributed by atoms with E-state index in [0.29, 0.717) is 5.92 Å². The molecule has 0 aromatic heterocycles. The number of aliphatic hydroxyl groups is 1. The van der Waals surface area contributed by atoms with E-state index >= 15 is 0 Å². The van der Waals surface area contributed by atoms with Crippen molar-refractivity contribution in [1.82, 2.24) is 0 Å². The van der Waals surface area contributed by atoms with Gasteiger partial charge >= 0.3 is 29.6 Å². The van der Waals surface area contributed by atoms with Crippen molar-refractivity contribution in [3.8, 4) is 5.75 Å². The largest absolute Gasteiger partial charge is 1.00 e. The van der Waals surface area contributed by atoms with E-state index in [1.54, 1.807) is 6.07 Å². The van der Waals surface area contributed by atoms with Crippen LogP contribution in [0.1, 0.15) is 43.2 Å². The Morgan fingerprint density at radius 2 is 2.00 bits per heavy atom. The van der Waals surface area contributed by atoms with Crippen molar-refractivity contribution in [2.75, 3.05) is 0 Å². The summed E-state index contributed by atoms with van der Waals surface area (Å²) >= 11 is 0. The molecule has 0 amide bonds. The third-order valence-corrected chi connectivity index (χ3v) is 6.31. The molecule has 0 saturated heterocycles. The van der Waals surface area contributed by atoms with Crippen molar-refractivity contribution in [1.29, 1.82) is 0 Å². The Labute approximate surface area is 169 Å². The molecular weight excluding hydrogens is 351 g/mol. The second-order valence-corrected chi connectivity index (χ2v) is 8.14. The van der Waals surface area contributed by atoms with E-state index in [0.717, 1.165) is 36.5 Å². The van der Waals surface area contributed by atoms with Crippen molar-refractivity contribution in [2.45, 2.75) is 44.6 Å². The molecule has 2 aromatic carbocycles. The fourth-order valence-corrected chi connectivity index (χ4v) is 4.97. The molecule has 1 N–H and O–H groups in total. The number of hydrogen-bond donors (Lipinski definition) is 1. The first-order valence-corrected chi connectivity index (χ1v) is 9.50. The predicted octanol–water partition coefficient (Wildman–Crippen LogP) is -0.126. The summed E-state index contributed by atoms with van der Waals surface area (Å²) in [6.07, 6.45) is 3.41. The van der Waals surface area contributed by atoms with Crippen LogP contribution in [-0.2, 0) is 16.8 Å². The van der Waals surface area contributed by atoms with Crippen LogP contribution >= 0.6 is 0 Å². The minimum absolute atomic E-state index is 0. The number of benzene rings is 2. The summed E-state index contributed by atoms with van der Waals surface area (Å²) in [4.78, 5) is 0. The van der Waals surface area contributed by atoms with Gasteiger partial charge in [-0.25, -0.2) is 8.42 Å². The molecule has 0 radical (unpaired) electrons. The first kappa shape index (κ1) is 19.1. The minimum Gasteiger partial charge on any atom is -0.716 e. The zero-order chi connectivity index (χ0) is 17.1. The third-order valence-electron chi connectivity index (χ3n) is 5.91. The first-order valence-electron chi connectivity index (χ1n) is 8.17. The van der Waals surface area contributed by atoms with Gasteiger partial charge in [-0.15, -0.1) is 0 Å². The van der Waals surface area contributed by atoms with Crippen LogP contribution in [-0.4, -0.2) is 24.2 Å². The summed E-state index contributed by atoms with van der Waals surface area (Å²) in [6.45, 7) is 2.18. The molecule has 3 atom stereocenters. The Hall–Kier alpha value is -0.630. The molecule has 128 valence electrons. The molecule has 4 rings (SSSR count). The Morgan fingerprint density at radius 3 is 2.72 bits per heavy atom. The van der Waals surface area contributed by atoms with Gasteiger partial charge in [0.2, 0.25) is 0 Å². The number of aryl methyl sites for hydroxylation is 1. The van der Waals surface area contributed by atoms with E-state index in [1.807, 2.05) is 12.1 Å². The van der Waals surface area contributed by atoms with Gasteiger partial charge in [0.25, 0.3) is 10.4 Å². The van der Waals surface area contributed by atoms with Gasteiger partial charge in [0.05, 0.1) is 6.10 Å². The molecule has 1 saturated carbocycles. The van der Waals surface area contributed by atoms with Crippen LogP contribution < -0.4 is 33.7 Å². The van der Waals surface area contributed by atoms with Crippen molar-refractivity contribution in [3.63, 3.8) is 0 Å². The summed E-state index contributed by atoms with van der Waals surface area (Å²) in [5.74, 6) is 0.396. The van der Waals surface area contributed by atoms with Crippen LogP contribution in [0.15, 0.2) is 30.3 Å². The summed E-state index contributed by atoms with van der Waals surface area (Å²) in [6, 6.07) is 8.95. The SMILES string of the molecule is C[C@@]12CCc3c(ccc4cc(OS(=O)(=O)[O-])ccc34)[C@H]1CC[C@H]2O.[Na+]. The monoisotopic (exact) mass is 370 g/mol. The third kappa shape index (κ3) is 3.24. The van der Waals surface area contributed by atoms with Gasteiger partial charge in [0.1, 0.15) is 5.75 Å². The molecule has 25 heavy (non-hydrogen) atoms. The van der Waals surface area contributed by atoms with Crippen LogP contribution in [0.3, 0.4) is 0 Å². The van der Waals surface area contributed by atoms with E-state index in [-0.39, 0.29) is 46.8 Å². The van der Waals surface area contributed by atoms with Crippen LogP contribution in [0.2, 0.25) is 0 Å². The molecule has 0 unspecified atom stereocenters. The number of hydrogen-bond acceptors (Lipinski definition) is 5. The normalized spacial score (nSPS) is 28.1. The van der Waals surface area contributed by atoms with E-state index in [4.69, 9.17) is 0 Å². The predicted molar refractivity (Wildman–Crippen MR) is 88.7 cm³/mol. The van der Waals surface area contributed by atoms with Gasteiger partial charge in [-0.1, -0.05) is 25.1 Å². The van der Waals surface area contributed by atoms with E-state index in [9.17, 15) is 18.1 Å². The average molecular weight is 370 g/mol. The van der Waals surface area contributed by atoms with Crippen LogP contribution in [0.5, 0.6) is 5.75 Å². The number of rotatable bonds is 2. The van der Waals surface area contributed by atoms with Gasteiger partial charge in [0.15, 0.2) is 0 Å². The number of aliphatic hydroxyl groups excluding tert-OH is 1. The fourth-order valence-electron chi connectivity index (χ4n) is 4.63. The molecule has 5 nitrogen and oxygen atoms in total. The molecular formula is C18H19NaO5S. The summed E-state index contributed by atoms with van der Waals surface area (Å²) < 4.78 is 36.7. The van der Waals surface area contributed by atoms with Crippen molar-refractivity contribution in [3.05, 3.63) is 41.5 Å². The minimum atomic E-state index is -4.77. The number of fused-ring (bicyclic) bond motifs is 5. The molecule has 7 heteroatoms. The standard InChI is InChI=1S/C18H20O5S.Na/c1-18-9-8-14-13-5-3-12(23-24(20,21)22)10-11(13)2-4-15(14)16(18)6-7-17(18)19;/h2-5,10,16-17,19H,6-9H2,1H3,(H,20,21,22);/q;+1/p-1/t16-,17-,18-;/m1./s1. The summed E-state index contributed by atoms with van der Waals surface area (Å²) in [7, 11) is -4.77. The molecule has 0 bridgehead atoms. The molecule has 2 aromatic rings. The Kier molecular flexibility index (Phi) is 4.99. The topological polar surface area (TPSA) is 86.7 Å². The van der Waals surface area contributed by atoms with Crippen LogP contribution in [0.25, 0.3) is 10.8 Å². The van der Waals surface area contributed by atoms with Gasteiger partial charge in [-0.3, -0.25) is 0 Å². The van der Waals surface area contributed by atoms with E-state index in [2.05, 4.69) is 17.2 Å². The van der Waals surface area contributed by atoms with E-state index in [1.165, 1.54) is 17.2 Å². The first-order chi connectivity index (χ1) is 11.3. The van der Waals surface area contributed by atoms with Gasteiger partial charge in [-0.05, 0) is 65.6 Å². The second kappa shape index (κ2) is 6.51. The van der Waals surface area contributed by atoms with Crippen molar-refractivity contribution >= 4 is 21.2 Å². The maximum atomic E-state index is 10.8. The Bertz CT molecular complexity index is 926. The van der Waals surface area contributed by atoms with Gasteiger partial charge < -0.3 is 13.8 Å². The van der Waals surface area contributed by atoms with E-state index < -0.39 is 10.4 Å². The molecule has 0 spiro atoms. The van der Waals surface area contributed by atoms with Crippen LogP contribution in [0, 0.1) is 5.41 Å². The molecule has 0 heterocycles. The average Bonchev–Trinajstić information content (AvgIpc) is 2.81. The van der Waals surface area contributed by atoms with Gasteiger partial charge in [-0.2, -0.15) is 0 Å². The Morgan fingerprint density at radius 1 is 1.24 bits per heavy atom.